The van der Waals surface area contributed by atoms with Crippen molar-refractivity contribution < 1.29 is 49.6 Å². The van der Waals surface area contributed by atoms with Gasteiger partial charge < -0.3 is 49.6 Å². The molecule has 7 N–H and O–H groups in total. The van der Waals surface area contributed by atoms with Crippen LogP contribution in [0.2, 0.25) is 0 Å². The fourth-order valence-electron chi connectivity index (χ4n) is 3.91. The molecule has 11 nitrogen and oxygen atoms in total. The van der Waals surface area contributed by atoms with Gasteiger partial charge in [0.15, 0.2) is 22.5 Å². The van der Waals surface area contributed by atoms with Gasteiger partial charge in [0.2, 0.25) is 0 Å². The van der Waals surface area contributed by atoms with Crippen molar-refractivity contribution in [2.24, 2.45) is 0 Å². The van der Waals surface area contributed by atoms with Crippen molar-refractivity contribution in [3.05, 3.63) is 46.1 Å². The van der Waals surface area contributed by atoms with Crippen LogP contribution in [0.4, 0.5) is 0 Å². The quantitative estimate of drug-likeness (QED) is 0.278. The lowest BCUT2D eigenvalue weighted by atomic mass is 9.89. The highest BCUT2D eigenvalue weighted by molar-refractivity contribution is 5.89. The van der Waals surface area contributed by atoms with Gasteiger partial charge in [-0.25, -0.2) is 0 Å². The number of phenols is 3. The normalized spacial score (nSPS) is 25.3. The third-order valence-electron chi connectivity index (χ3n) is 5.64. The van der Waals surface area contributed by atoms with Crippen molar-refractivity contribution >= 4 is 11.0 Å². The molecule has 0 radical (unpaired) electrons. The zero-order chi connectivity index (χ0) is 24.0. The minimum atomic E-state index is -1.77. The Morgan fingerprint density at radius 2 is 1.67 bits per heavy atom. The van der Waals surface area contributed by atoms with Crippen LogP contribution in [-0.4, -0.2) is 73.9 Å². The summed E-state index contributed by atoms with van der Waals surface area (Å²) in [6.07, 6.45) is -7.98. The van der Waals surface area contributed by atoms with Crippen molar-refractivity contribution in [3.8, 4) is 34.3 Å². The lowest BCUT2D eigenvalue weighted by Crippen LogP contribution is -2.55. The van der Waals surface area contributed by atoms with Gasteiger partial charge in [0.25, 0.3) is 0 Å². The van der Waals surface area contributed by atoms with Crippen molar-refractivity contribution in [2.45, 2.75) is 30.5 Å². The Bertz CT molecular complexity index is 1250. The van der Waals surface area contributed by atoms with E-state index in [0.29, 0.717) is 5.56 Å². The van der Waals surface area contributed by atoms with Crippen LogP contribution in [0.3, 0.4) is 0 Å². The van der Waals surface area contributed by atoms with Crippen LogP contribution >= 0.6 is 0 Å². The summed E-state index contributed by atoms with van der Waals surface area (Å²) in [6, 6.07) is 6.10. The third-order valence-corrected chi connectivity index (χ3v) is 5.64. The van der Waals surface area contributed by atoms with E-state index in [-0.39, 0.29) is 33.8 Å². The number of aliphatic hydroxyl groups excluding tert-OH is 4. The zero-order valence-corrected chi connectivity index (χ0v) is 17.2. The highest BCUT2D eigenvalue weighted by Crippen LogP contribution is 2.44. The number of aliphatic hydroxyl groups is 4. The number of hydrogen-bond acceptors (Lipinski definition) is 11. The number of rotatable bonds is 4. The number of hydrogen-bond donors (Lipinski definition) is 7. The molecular formula is C22H22O11. The molecule has 5 unspecified atom stereocenters. The van der Waals surface area contributed by atoms with Gasteiger partial charge in [0.05, 0.1) is 19.3 Å². The maximum absolute atomic E-state index is 12.9. The van der Waals surface area contributed by atoms with E-state index in [1.54, 1.807) is 0 Å². The molecule has 2 heterocycles. The number of benzene rings is 2. The monoisotopic (exact) mass is 462 g/mol. The summed E-state index contributed by atoms with van der Waals surface area (Å²) in [5.74, 6) is -1.29. The number of fused-ring (bicyclic) bond motifs is 1. The summed E-state index contributed by atoms with van der Waals surface area (Å²) in [5.41, 5.74) is -0.997. The minimum Gasteiger partial charge on any atom is -0.507 e. The van der Waals surface area contributed by atoms with E-state index < -0.39 is 54.1 Å². The molecule has 1 aromatic heterocycles. The topological polar surface area (TPSA) is 190 Å². The molecule has 1 aliphatic rings. The summed E-state index contributed by atoms with van der Waals surface area (Å²) in [4.78, 5) is 12.9. The molecule has 2 aromatic carbocycles. The van der Waals surface area contributed by atoms with E-state index in [1.807, 2.05) is 0 Å². The highest BCUT2D eigenvalue weighted by Gasteiger charge is 2.46. The van der Waals surface area contributed by atoms with E-state index in [2.05, 4.69) is 0 Å². The Labute approximate surface area is 185 Å². The predicted octanol–water partition coefficient (Wildman–Crippen LogP) is 0.100. The van der Waals surface area contributed by atoms with Gasteiger partial charge in [-0.2, -0.15) is 0 Å². The van der Waals surface area contributed by atoms with E-state index in [0.717, 1.165) is 12.1 Å². The fraction of sp³-hybridized carbons (Fsp3) is 0.318. The molecule has 33 heavy (non-hydrogen) atoms. The van der Waals surface area contributed by atoms with Crippen molar-refractivity contribution in [2.75, 3.05) is 13.7 Å². The second kappa shape index (κ2) is 8.54. The van der Waals surface area contributed by atoms with Crippen molar-refractivity contribution in [1.29, 1.82) is 0 Å². The van der Waals surface area contributed by atoms with Crippen LogP contribution in [0.15, 0.2) is 39.5 Å². The number of phenolic OH excluding ortho intramolecular Hbond substituents is 3. The second-order valence-corrected chi connectivity index (χ2v) is 7.64. The summed E-state index contributed by atoms with van der Waals surface area (Å²) >= 11 is 0. The standard InChI is InChI=1S/C22H22O11/c1-31-14-4-8(2-3-9(14)24)13-6-12(27)16-10(25)5-11(26)17(21(16)32-13)22-20(30)19(29)18(28)15(7-23)33-22/h2-6,15,18-20,22-26,28-30H,7H2,1H3. The molecule has 0 spiro atoms. The molecule has 1 aliphatic heterocycles. The Kier molecular flexibility index (Phi) is 5.91. The van der Waals surface area contributed by atoms with Gasteiger partial charge in [0.1, 0.15) is 53.2 Å². The summed E-state index contributed by atoms with van der Waals surface area (Å²) in [6.45, 7) is -0.708. The Hall–Kier alpha value is -3.35. The third kappa shape index (κ3) is 3.75. The summed E-state index contributed by atoms with van der Waals surface area (Å²) < 4.78 is 16.4. The van der Waals surface area contributed by atoms with E-state index in [4.69, 9.17) is 13.9 Å². The molecule has 4 rings (SSSR count). The van der Waals surface area contributed by atoms with Crippen LogP contribution in [0.25, 0.3) is 22.3 Å². The Morgan fingerprint density at radius 3 is 2.33 bits per heavy atom. The smallest absolute Gasteiger partial charge is 0.197 e. The average molecular weight is 462 g/mol. The Balaban J connectivity index is 1.97. The zero-order valence-electron chi connectivity index (χ0n) is 17.2. The maximum Gasteiger partial charge on any atom is 0.197 e. The Morgan fingerprint density at radius 1 is 0.939 bits per heavy atom. The van der Waals surface area contributed by atoms with Crippen LogP contribution < -0.4 is 10.2 Å². The predicted molar refractivity (Wildman–Crippen MR) is 112 cm³/mol. The molecular weight excluding hydrogens is 440 g/mol. The van der Waals surface area contributed by atoms with E-state index in [9.17, 15) is 40.5 Å². The molecule has 5 atom stereocenters. The van der Waals surface area contributed by atoms with E-state index in [1.165, 1.54) is 25.3 Å². The van der Waals surface area contributed by atoms with Gasteiger partial charge in [-0.1, -0.05) is 0 Å². The lowest BCUT2D eigenvalue weighted by Gasteiger charge is -2.40. The molecule has 1 fully saturated rings. The van der Waals surface area contributed by atoms with Crippen LogP contribution in [0.5, 0.6) is 23.0 Å². The first kappa shape index (κ1) is 22.8. The molecule has 11 heteroatoms. The number of methoxy groups -OCH3 is 1. The SMILES string of the molecule is COc1cc(-c2cc(=O)c3c(O)cc(O)c(C4OC(CO)C(O)C(O)C4O)c3o2)ccc1O. The first-order valence-corrected chi connectivity index (χ1v) is 9.88. The van der Waals surface area contributed by atoms with Crippen LogP contribution in [0.1, 0.15) is 11.7 Å². The molecule has 0 amide bonds. The highest BCUT2D eigenvalue weighted by atomic mass is 16.5. The first-order valence-electron chi connectivity index (χ1n) is 9.88. The molecule has 3 aromatic rings. The number of ether oxygens (including phenoxy) is 2. The van der Waals surface area contributed by atoms with Gasteiger partial charge in [-0.15, -0.1) is 0 Å². The largest absolute Gasteiger partial charge is 0.507 e. The molecule has 0 aliphatic carbocycles. The second-order valence-electron chi connectivity index (χ2n) is 7.64. The molecule has 0 saturated carbocycles. The van der Waals surface area contributed by atoms with Crippen LogP contribution in [0, 0.1) is 0 Å². The first-order chi connectivity index (χ1) is 15.7. The number of aromatic hydroxyl groups is 3. The average Bonchev–Trinajstić information content (AvgIpc) is 2.78. The van der Waals surface area contributed by atoms with Crippen molar-refractivity contribution in [1.82, 2.24) is 0 Å². The van der Waals surface area contributed by atoms with E-state index >= 15 is 0 Å². The lowest BCUT2D eigenvalue weighted by molar-refractivity contribution is -0.231. The molecule has 0 bridgehead atoms. The summed E-state index contributed by atoms with van der Waals surface area (Å²) in [5, 5.41) is 70.6. The molecule has 1 saturated heterocycles. The fourth-order valence-corrected chi connectivity index (χ4v) is 3.91. The van der Waals surface area contributed by atoms with Gasteiger partial charge in [-0.3, -0.25) is 4.79 Å². The molecule has 176 valence electrons. The van der Waals surface area contributed by atoms with Crippen molar-refractivity contribution in [3.63, 3.8) is 0 Å². The maximum atomic E-state index is 12.9. The summed E-state index contributed by atoms with van der Waals surface area (Å²) in [7, 11) is 1.34. The van der Waals surface area contributed by atoms with Gasteiger partial charge in [0, 0.05) is 17.7 Å². The van der Waals surface area contributed by atoms with Gasteiger partial charge in [-0.05, 0) is 18.2 Å². The van der Waals surface area contributed by atoms with Gasteiger partial charge >= 0.3 is 0 Å². The van der Waals surface area contributed by atoms with Crippen LogP contribution in [-0.2, 0) is 4.74 Å². The minimum absolute atomic E-state index is 0.0263.